The Hall–Kier alpha value is -8.40. The second-order valence-electron chi connectivity index (χ2n) is 19.2. The third-order valence-corrected chi connectivity index (χ3v) is 14.6. The van der Waals surface area contributed by atoms with Crippen LogP contribution in [0, 0.1) is 23.7 Å². The molecule has 5 aliphatic heterocycles. The number of imide groups is 1. The Labute approximate surface area is 427 Å². The molecule has 18 heteroatoms. The molecule has 380 valence electrons. The van der Waals surface area contributed by atoms with Crippen LogP contribution in [0.1, 0.15) is 65.4 Å². The number of nitrogens with zero attached hydrogens (tertiary/aromatic N) is 4. The predicted octanol–water partition coefficient (Wildman–Crippen LogP) is 5.06. The van der Waals surface area contributed by atoms with E-state index in [4.69, 9.17) is 24.7 Å². The first-order chi connectivity index (χ1) is 35.8. The zero-order valence-corrected chi connectivity index (χ0v) is 40.9. The van der Waals surface area contributed by atoms with Crippen LogP contribution in [0.25, 0.3) is 0 Å². The molecule has 5 aliphatic rings. The Balaban J connectivity index is 1.18. The standard InChI is InChI=1S/C56H55N7O11/c1-33(2)45(51(66)71-3)59-55(70)62-41-22-16-34(11-10-24-58-54(57)69)29-40(41)56(53(62)68)44(50(65)61-27-25-60(26-28-61)31-35-17-23-42-43(30-35)73-32-72-42)47-52(67)74-48(37-14-8-5-9-15-37)46(36-12-6-4-7-13-36)63(47)49(56)38-18-20-39(64)21-19-38/h4-9,12-23,29-30,33,44-49,64H,24-28,31-32H2,1-3H3,(H,59,70)(H3,57,58,69). The molecule has 0 radical (unpaired) electrons. The van der Waals surface area contributed by atoms with Crippen LogP contribution in [0.2, 0.25) is 0 Å². The lowest BCUT2D eigenvalue weighted by Gasteiger charge is -2.46. The van der Waals surface area contributed by atoms with E-state index in [0.29, 0.717) is 53.4 Å². The smallest absolute Gasteiger partial charge is 0.329 e. The second kappa shape index (κ2) is 20.2. The van der Waals surface area contributed by atoms with Crippen molar-refractivity contribution in [1.82, 2.24) is 25.3 Å². The van der Waals surface area contributed by atoms with Crippen molar-refractivity contribution in [3.05, 3.63) is 155 Å². The lowest BCUT2D eigenvalue weighted by molar-refractivity contribution is -0.179. The van der Waals surface area contributed by atoms with Crippen LogP contribution < -0.4 is 30.7 Å². The van der Waals surface area contributed by atoms with E-state index in [9.17, 15) is 14.7 Å². The van der Waals surface area contributed by atoms with Crippen molar-refractivity contribution in [2.24, 2.45) is 17.6 Å². The highest BCUT2D eigenvalue weighted by Crippen LogP contribution is 2.66. The number of fused-ring (bicyclic) bond motifs is 4. The van der Waals surface area contributed by atoms with Crippen molar-refractivity contribution in [2.45, 2.75) is 56.1 Å². The van der Waals surface area contributed by atoms with Crippen LogP contribution in [-0.2, 0) is 40.6 Å². The van der Waals surface area contributed by atoms with Gasteiger partial charge in [-0.25, -0.2) is 19.3 Å². The molecule has 5 N–H and O–H groups in total. The van der Waals surface area contributed by atoms with Crippen LogP contribution in [0.5, 0.6) is 17.2 Å². The second-order valence-corrected chi connectivity index (χ2v) is 19.2. The number of ether oxygens (including phenoxy) is 4. The minimum atomic E-state index is -2.13. The summed E-state index contributed by atoms with van der Waals surface area (Å²) in [5.74, 6) is 2.26. The number of anilines is 1. The van der Waals surface area contributed by atoms with Gasteiger partial charge in [-0.2, -0.15) is 0 Å². The third-order valence-electron chi connectivity index (χ3n) is 14.6. The number of amides is 6. The number of hydrogen-bond acceptors (Lipinski definition) is 13. The summed E-state index contributed by atoms with van der Waals surface area (Å²) in [7, 11) is 1.20. The van der Waals surface area contributed by atoms with Crippen molar-refractivity contribution >= 4 is 41.5 Å². The number of primary amides is 1. The van der Waals surface area contributed by atoms with Gasteiger partial charge in [-0.05, 0) is 76.2 Å². The molecule has 10 rings (SSSR count). The lowest BCUT2D eigenvalue weighted by atomic mass is 9.64. The van der Waals surface area contributed by atoms with Gasteiger partial charge in [-0.15, -0.1) is 0 Å². The van der Waals surface area contributed by atoms with Gasteiger partial charge in [0.15, 0.2) is 11.5 Å². The van der Waals surface area contributed by atoms with Crippen LogP contribution in [-0.4, -0.2) is 114 Å². The summed E-state index contributed by atoms with van der Waals surface area (Å²) in [5, 5.41) is 16.0. The van der Waals surface area contributed by atoms with Crippen LogP contribution in [0.15, 0.2) is 121 Å². The number of rotatable bonds is 10. The number of methoxy groups -OCH3 is 1. The molecule has 6 amide bonds. The number of piperazine rings is 1. The van der Waals surface area contributed by atoms with Crippen molar-refractivity contribution in [1.29, 1.82) is 0 Å². The molecule has 5 aromatic carbocycles. The van der Waals surface area contributed by atoms with Gasteiger partial charge in [-0.1, -0.05) is 105 Å². The number of nitrogens with two attached hydrogens (primary N) is 1. The maximum atomic E-state index is 16.7. The highest BCUT2D eigenvalue weighted by atomic mass is 16.7. The summed E-state index contributed by atoms with van der Waals surface area (Å²) in [5.41, 5.74) is 6.65. The molecular weight excluding hydrogens is 947 g/mol. The Morgan fingerprint density at radius 2 is 1.51 bits per heavy atom. The third kappa shape index (κ3) is 8.77. The van der Waals surface area contributed by atoms with Gasteiger partial charge >= 0.3 is 24.0 Å². The van der Waals surface area contributed by atoms with Crippen LogP contribution in [0.3, 0.4) is 0 Å². The van der Waals surface area contributed by atoms with E-state index in [1.54, 1.807) is 49.1 Å². The maximum absolute atomic E-state index is 16.7. The number of carbonyl (C=O) groups excluding carboxylic acids is 6. The van der Waals surface area contributed by atoms with E-state index >= 15 is 19.2 Å². The van der Waals surface area contributed by atoms with Gasteiger partial charge in [0.2, 0.25) is 18.6 Å². The number of aromatic hydroxyl groups is 1. The average molecular weight is 1000 g/mol. The quantitative estimate of drug-likeness (QED) is 0.106. The van der Waals surface area contributed by atoms with E-state index < -0.39 is 83.3 Å². The summed E-state index contributed by atoms with van der Waals surface area (Å²) in [4.78, 5) is 95.4. The zero-order chi connectivity index (χ0) is 51.8. The van der Waals surface area contributed by atoms with Crippen molar-refractivity contribution in [2.75, 3.05) is 51.5 Å². The van der Waals surface area contributed by atoms with Crippen molar-refractivity contribution < 1.29 is 52.8 Å². The first kappa shape index (κ1) is 49.2. The molecule has 3 saturated heterocycles. The summed E-state index contributed by atoms with van der Waals surface area (Å²) < 4.78 is 22.9. The Morgan fingerprint density at radius 3 is 2.19 bits per heavy atom. The first-order valence-corrected chi connectivity index (χ1v) is 24.5. The Bertz CT molecular complexity index is 3060. The molecule has 7 unspecified atom stereocenters. The molecular formula is C56H55N7O11. The number of urea groups is 2. The number of morpholine rings is 1. The van der Waals surface area contributed by atoms with Gasteiger partial charge in [0.05, 0.1) is 37.3 Å². The molecule has 0 aliphatic carbocycles. The molecule has 74 heavy (non-hydrogen) atoms. The monoisotopic (exact) mass is 1000 g/mol. The summed E-state index contributed by atoms with van der Waals surface area (Å²) in [6.07, 6.45) is -0.968. The zero-order valence-electron chi connectivity index (χ0n) is 40.9. The summed E-state index contributed by atoms with van der Waals surface area (Å²) in [6, 6.07) is 29.0. The fourth-order valence-electron chi connectivity index (χ4n) is 11.3. The topological polar surface area (TPSA) is 223 Å². The number of cyclic esters (lactones) is 1. The molecule has 5 aromatic rings. The Kier molecular flexibility index (Phi) is 13.5. The van der Waals surface area contributed by atoms with E-state index in [1.165, 1.54) is 19.2 Å². The first-order valence-electron chi connectivity index (χ1n) is 24.5. The maximum Gasteiger partial charge on any atom is 0.329 e. The summed E-state index contributed by atoms with van der Waals surface area (Å²) >= 11 is 0. The SMILES string of the molecule is COC(=O)C(NC(=O)N1C(=O)C2(c3cc(C#CCNC(N)=O)ccc31)C(C(=O)N1CCN(Cc3ccc4c(c3)OCO4)CC1)C1C(=O)OC(c3ccccc3)C(c3ccccc3)N1C2c1ccc(O)cc1)C(C)C. The van der Waals surface area contributed by atoms with Crippen LogP contribution >= 0.6 is 0 Å². The van der Waals surface area contributed by atoms with Gasteiger partial charge in [0.25, 0.3) is 0 Å². The van der Waals surface area contributed by atoms with E-state index in [0.717, 1.165) is 10.5 Å². The number of esters is 2. The number of benzene rings is 5. The molecule has 0 bridgehead atoms. The largest absolute Gasteiger partial charge is 0.508 e. The molecule has 3 fully saturated rings. The van der Waals surface area contributed by atoms with Gasteiger partial charge in [-0.3, -0.25) is 24.2 Å². The van der Waals surface area contributed by atoms with E-state index in [1.807, 2.05) is 83.8 Å². The normalized spacial score (nSPS) is 23.3. The average Bonchev–Trinajstić information content (AvgIpc) is 4.08. The fraction of sp³-hybridized carbons (Fsp3) is 0.321. The molecule has 5 heterocycles. The van der Waals surface area contributed by atoms with Gasteiger partial charge < -0.3 is 45.3 Å². The van der Waals surface area contributed by atoms with E-state index in [2.05, 4.69) is 27.4 Å². The van der Waals surface area contributed by atoms with Crippen LogP contribution in [0.4, 0.5) is 15.3 Å². The number of phenolic OH excluding ortho intramolecular Hbond substituents is 1. The number of hydrogen-bond donors (Lipinski definition) is 4. The minimum Gasteiger partial charge on any atom is -0.508 e. The Morgan fingerprint density at radius 1 is 0.824 bits per heavy atom. The molecule has 7 atom stereocenters. The van der Waals surface area contributed by atoms with Crippen molar-refractivity contribution in [3.8, 4) is 29.1 Å². The molecule has 18 nitrogen and oxygen atoms in total. The van der Waals surface area contributed by atoms with E-state index in [-0.39, 0.29) is 43.4 Å². The minimum absolute atomic E-state index is 0.0766. The lowest BCUT2D eigenvalue weighted by Crippen LogP contribution is -2.59. The highest BCUT2D eigenvalue weighted by molar-refractivity contribution is 6.25. The van der Waals surface area contributed by atoms with Gasteiger partial charge in [0, 0.05) is 38.3 Å². The fourth-order valence-corrected chi connectivity index (χ4v) is 11.3. The molecule has 0 saturated carbocycles. The number of phenols is 1. The highest BCUT2D eigenvalue weighted by Gasteiger charge is 2.76. The number of nitrogens with one attached hydrogen (secondary N) is 2. The van der Waals surface area contributed by atoms with Gasteiger partial charge in [0.1, 0.15) is 29.4 Å². The van der Waals surface area contributed by atoms with Crippen molar-refractivity contribution in [3.63, 3.8) is 0 Å². The summed E-state index contributed by atoms with van der Waals surface area (Å²) in [6.45, 7) is 5.33. The predicted molar refractivity (Wildman–Crippen MR) is 268 cm³/mol. The molecule has 0 aromatic heterocycles. The number of carbonyl (C=O) groups is 6. The molecule has 1 spiro atoms.